The fourth-order valence-electron chi connectivity index (χ4n) is 2.14. The molecule has 2 aromatic carbocycles. The van der Waals surface area contributed by atoms with Gasteiger partial charge in [-0.25, -0.2) is 4.39 Å². The zero-order valence-corrected chi connectivity index (χ0v) is 15.5. The number of nitrogens with one attached hydrogen (secondary N) is 1. The third kappa shape index (κ3) is 5.17. The number of hydrogen-bond acceptors (Lipinski definition) is 4. The number of carbonyl (C=O) groups is 1. The molecule has 0 amide bonds. The monoisotopic (exact) mass is 411 g/mol. The highest BCUT2D eigenvalue weighted by molar-refractivity contribution is 9.10. The summed E-state index contributed by atoms with van der Waals surface area (Å²) < 4.78 is 25.0. The van der Waals surface area contributed by atoms with Crippen LogP contribution in [0.3, 0.4) is 0 Å². The van der Waals surface area contributed by atoms with Gasteiger partial charge in [0.05, 0.1) is 7.11 Å². The van der Waals surface area contributed by atoms with Crippen molar-refractivity contribution in [1.29, 1.82) is 0 Å². The number of aliphatic carboxylic acids is 1. The van der Waals surface area contributed by atoms with Crippen molar-refractivity contribution in [2.45, 2.75) is 26.1 Å². The summed E-state index contributed by atoms with van der Waals surface area (Å²) >= 11 is 3.46. The van der Waals surface area contributed by atoms with Gasteiger partial charge in [-0.15, -0.1) is 0 Å². The van der Waals surface area contributed by atoms with E-state index in [1.807, 2.05) is 6.07 Å². The van der Waals surface area contributed by atoms with Gasteiger partial charge in [0.25, 0.3) is 0 Å². The number of rotatable bonds is 8. The smallest absolute Gasteiger partial charge is 0.320 e. The first kappa shape index (κ1) is 19.2. The Morgan fingerprint density at radius 1 is 1.28 bits per heavy atom. The minimum atomic E-state index is -0.937. The predicted octanol–water partition coefficient (Wildman–Crippen LogP) is 3.74. The molecule has 0 bridgehead atoms. The molecule has 5 nitrogen and oxygen atoms in total. The highest BCUT2D eigenvalue weighted by atomic mass is 79.9. The first-order valence-corrected chi connectivity index (χ1v) is 8.40. The maximum atomic E-state index is 13.0. The molecule has 134 valence electrons. The van der Waals surface area contributed by atoms with Crippen LogP contribution in [-0.2, 0) is 17.9 Å². The Morgan fingerprint density at radius 2 is 1.96 bits per heavy atom. The SMILES string of the molecule is COc1ccc(Br)c(CNC(C)C(=O)O)c1OCc1ccc(F)cc1. The first-order valence-electron chi connectivity index (χ1n) is 7.61. The second-order valence-corrected chi connectivity index (χ2v) is 6.27. The fraction of sp³-hybridized carbons (Fsp3) is 0.278. The number of hydrogen-bond donors (Lipinski definition) is 2. The van der Waals surface area contributed by atoms with Crippen molar-refractivity contribution in [2.24, 2.45) is 0 Å². The molecule has 0 saturated heterocycles. The van der Waals surface area contributed by atoms with Crippen molar-refractivity contribution in [3.63, 3.8) is 0 Å². The van der Waals surface area contributed by atoms with Gasteiger partial charge in [0.1, 0.15) is 18.5 Å². The number of carboxylic acid groups (broad SMARTS) is 1. The van der Waals surface area contributed by atoms with Crippen molar-refractivity contribution in [2.75, 3.05) is 7.11 Å². The summed E-state index contributed by atoms with van der Waals surface area (Å²) in [6, 6.07) is 8.89. The Bertz CT molecular complexity index is 737. The van der Waals surface area contributed by atoms with Crippen molar-refractivity contribution < 1.29 is 23.8 Å². The quantitative estimate of drug-likeness (QED) is 0.692. The lowest BCUT2D eigenvalue weighted by molar-refractivity contribution is -0.139. The highest BCUT2D eigenvalue weighted by Gasteiger charge is 2.17. The number of carboxylic acids is 1. The van der Waals surface area contributed by atoms with Crippen LogP contribution in [0.25, 0.3) is 0 Å². The maximum Gasteiger partial charge on any atom is 0.320 e. The van der Waals surface area contributed by atoms with Gasteiger partial charge < -0.3 is 19.9 Å². The lowest BCUT2D eigenvalue weighted by atomic mass is 10.1. The van der Waals surface area contributed by atoms with Crippen LogP contribution in [0.1, 0.15) is 18.1 Å². The molecule has 7 heteroatoms. The molecule has 0 aromatic heterocycles. The van der Waals surface area contributed by atoms with E-state index in [9.17, 15) is 9.18 Å². The minimum Gasteiger partial charge on any atom is -0.493 e. The van der Waals surface area contributed by atoms with Gasteiger partial charge in [0.15, 0.2) is 11.5 Å². The second kappa shape index (κ2) is 8.82. The summed E-state index contributed by atoms with van der Waals surface area (Å²) in [5.41, 5.74) is 1.55. The predicted molar refractivity (Wildman–Crippen MR) is 95.4 cm³/mol. The largest absolute Gasteiger partial charge is 0.493 e. The van der Waals surface area contributed by atoms with E-state index in [0.29, 0.717) is 11.5 Å². The van der Waals surface area contributed by atoms with Gasteiger partial charge in [0, 0.05) is 16.6 Å². The normalized spacial score (nSPS) is 11.8. The van der Waals surface area contributed by atoms with Crippen LogP contribution in [0.5, 0.6) is 11.5 Å². The molecule has 1 unspecified atom stereocenters. The highest BCUT2D eigenvalue weighted by Crippen LogP contribution is 2.36. The van der Waals surface area contributed by atoms with Crippen molar-refractivity contribution in [3.8, 4) is 11.5 Å². The molecule has 2 rings (SSSR count). The topological polar surface area (TPSA) is 67.8 Å². The van der Waals surface area contributed by atoms with Crippen molar-refractivity contribution >= 4 is 21.9 Å². The lowest BCUT2D eigenvalue weighted by Gasteiger charge is -2.18. The van der Waals surface area contributed by atoms with E-state index in [1.54, 1.807) is 25.1 Å². The van der Waals surface area contributed by atoms with Gasteiger partial charge in [0.2, 0.25) is 0 Å². The summed E-state index contributed by atoms with van der Waals surface area (Å²) in [5, 5.41) is 11.9. The van der Waals surface area contributed by atoms with Gasteiger partial charge in [-0.2, -0.15) is 0 Å². The van der Waals surface area contributed by atoms with Crippen LogP contribution in [0.2, 0.25) is 0 Å². The van der Waals surface area contributed by atoms with E-state index in [0.717, 1.165) is 15.6 Å². The standard InChI is InChI=1S/C18H19BrFNO4/c1-11(18(22)23)21-9-14-15(19)7-8-16(24-2)17(14)25-10-12-3-5-13(20)6-4-12/h3-8,11,21H,9-10H2,1-2H3,(H,22,23). The summed E-state index contributed by atoms with van der Waals surface area (Å²) in [7, 11) is 1.53. The Labute approximate surface area is 153 Å². The number of ether oxygens (including phenoxy) is 2. The van der Waals surface area contributed by atoms with Gasteiger partial charge in [-0.1, -0.05) is 28.1 Å². The molecule has 2 aromatic rings. The van der Waals surface area contributed by atoms with E-state index in [4.69, 9.17) is 14.6 Å². The average Bonchev–Trinajstić information content (AvgIpc) is 2.60. The third-order valence-corrected chi connectivity index (χ3v) is 4.38. The van der Waals surface area contributed by atoms with Gasteiger partial charge in [-0.05, 0) is 36.8 Å². The van der Waals surface area contributed by atoms with E-state index in [2.05, 4.69) is 21.2 Å². The number of halogens is 2. The Balaban J connectivity index is 2.22. The van der Waals surface area contributed by atoms with E-state index < -0.39 is 12.0 Å². The Kier molecular flexibility index (Phi) is 6.78. The molecular formula is C18H19BrFNO4. The zero-order valence-electron chi connectivity index (χ0n) is 13.9. The Morgan fingerprint density at radius 3 is 2.56 bits per heavy atom. The van der Waals surface area contributed by atoms with Crippen LogP contribution in [0.4, 0.5) is 4.39 Å². The van der Waals surface area contributed by atoms with Crippen LogP contribution < -0.4 is 14.8 Å². The number of methoxy groups -OCH3 is 1. The van der Waals surface area contributed by atoms with Crippen molar-refractivity contribution in [1.82, 2.24) is 5.32 Å². The molecule has 0 aliphatic carbocycles. The van der Waals surface area contributed by atoms with E-state index in [1.165, 1.54) is 19.2 Å². The zero-order chi connectivity index (χ0) is 18.4. The van der Waals surface area contributed by atoms with Gasteiger partial charge in [-0.3, -0.25) is 4.79 Å². The molecule has 0 saturated carbocycles. The minimum absolute atomic E-state index is 0.231. The van der Waals surface area contributed by atoms with Crippen LogP contribution in [-0.4, -0.2) is 24.2 Å². The summed E-state index contributed by atoms with van der Waals surface area (Å²) in [6.07, 6.45) is 0. The molecule has 0 spiro atoms. The fourth-order valence-corrected chi connectivity index (χ4v) is 2.60. The molecule has 1 atom stereocenters. The molecular weight excluding hydrogens is 393 g/mol. The van der Waals surface area contributed by atoms with Crippen LogP contribution >= 0.6 is 15.9 Å². The molecule has 0 radical (unpaired) electrons. The molecule has 25 heavy (non-hydrogen) atoms. The molecule has 0 heterocycles. The molecule has 0 fully saturated rings. The maximum absolute atomic E-state index is 13.0. The lowest BCUT2D eigenvalue weighted by Crippen LogP contribution is -2.33. The van der Waals surface area contributed by atoms with Crippen LogP contribution in [0, 0.1) is 5.82 Å². The second-order valence-electron chi connectivity index (χ2n) is 5.41. The summed E-state index contributed by atoms with van der Waals surface area (Å²) in [6.45, 7) is 2.08. The molecule has 0 aliphatic rings. The third-order valence-electron chi connectivity index (χ3n) is 3.64. The summed E-state index contributed by atoms with van der Waals surface area (Å²) in [5.74, 6) is -0.208. The molecule has 0 aliphatic heterocycles. The van der Waals surface area contributed by atoms with Gasteiger partial charge >= 0.3 is 5.97 Å². The Hall–Kier alpha value is -2.12. The van der Waals surface area contributed by atoms with E-state index >= 15 is 0 Å². The summed E-state index contributed by atoms with van der Waals surface area (Å²) in [4.78, 5) is 11.0. The average molecular weight is 412 g/mol. The van der Waals surface area contributed by atoms with Crippen LogP contribution in [0.15, 0.2) is 40.9 Å². The first-order chi connectivity index (χ1) is 11.9. The van der Waals surface area contributed by atoms with Crippen molar-refractivity contribution in [3.05, 3.63) is 57.8 Å². The van der Waals surface area contributed by atoms with E-state index in [-0.39, 0.29) is 19.0 Å². The molecule has 2 N–H and O–H groups in total. The number of benzene rings is 2.